The molecule has 126 valence electrons. The van der Waals surface area contributed by atoms with Gasteiger partial charge in [-0.25, -0.2) is 4.79 Å². The lowest BCUT2D eigenvalue weighted by Crippen LogP contribution is -2.63. The van der Waals surface area contributed by atoms with E-state index in [4.69, 9.17) is 4.74 Å². The average Bonchev–Trinajstić information content (AvgIpc) is 2.34. The number of fused-ring (bicyclic) bond motifs is 1. The molecule has 1 aromatic rings. The summed E-state index contributed by atoms with van der Waals surface area (Å²) in [6, 6.07) is 7.09. The van der Waals surface area contributed by atoms with Crippen molar-refractivity contribution >= 4 is 22.0 Å². The smallest absolute Gasteiger partial charge is 0.410 e. The number of hydrogen-bond acceptors (Lipinski definition) is 4. The number of amides is 1. The molecule has 1 amide bonds. The molecule has 0 unspecified atom stereocenters. The van der Waals surface area contributed by atoms with Crippen LogP contribution in [0.25, 0.3) is 0 Å². The molecule has 1 N–H and O–H groups in total. The van der Waals surface area contributed by atoms with E-state index in [0.29, 0.717) is 25.3 Å². The van der Waals surface area contributed by atoms with E-state index in [1.807, 2.05) is 12.1 Å². The first-order valence-corrected chi connectivity index (χ1v) is 8.95. The Morgan fingerprint density at radius 1 is 1.26 bits per heavy atom. The van der Waals surface area contributed by atoms with Gasteiger partial charge in [-0.05, 0) is 32.4 Å². The van der Waals surface area contributed by atoms with Gasteiger partial charge in [-0.15, -0.1) is 0 Å². The third kappa shape index (κ3) is 3.28. The minimum Gasteiger partial charge on any atom is -0.444 e. The van der Waals surface area contributed by atoms with Gasteiger partial charge in [0.05, 0.1) is 11.7 Å². The maximum Gasteiger partial charge on any atom is 0.410 e. The molecule has 0 atom stereocenters. The molecule has 1 fully saturated rings. The summed E-state index contributed by atoms with van der Waals surface area (Å²) in [5.41, 5.74) is 0.991. The van der Waals surface area contributed by atoms with Gasteiger partial charge in [0.25, 0.3) is 0 Å². The van der Waals surface area contributed by atoms with Crippen LogP contribution in [-0.4, -0.2) is 48.4 Å². The normalized spacial score (nSPS) is 21.1. The molecule has 0 spiro atoms. The molecule has 0 bridgehead atoms. The SMILES string of the molecule is CC(C)(C)OC(=O)N1CC(N2Cc3ccccc3NS2(=O)=O)C1. The lowest BCUT2D eigenvalue weighted by atomic mass is 10.1. The largest absolute Gasteiger partial charge is 0.444 e. The van der Waals surface area contributed by atoms with Crippen LogP contribution in [0.3, 0.4) is 0 Å². The Hall–Kier alpha value is -1.80. The van der Waals surface area contributed by atoms with Crippen LogP contribution in [0.4, 0.5) is 10.5 Å². The Bertz CT molecular complexity index is 720. The van der Waals surface area contributed by atoms with Crippen LogP contribution in [0.1, 0.15) is 26.3 Å². The van der Waals surface area contributed by atoms with Crippen molar-refractivity contribution < 1.29 is 17.9 Å². The van der Waals surface area contributed by atoms with Crippen LogP contribution in [0, 0.1) is 0 Å². The van der Waals surface area contributed by atoms with Crippen LogP contribution in [-0.2, 0) is 21.5 Å². The van der Waals surface area contributed by atoms with Crippen LogP contribution in [0.2, 0.25) is 0 Å². The first-order chi connectivity index (χ1) is 10.7. The van der Waals surface area contributed by atoms with E-state index in [0.717, 1.165) is 5.56 Å². The quantitative estimate of drug-likeness (QED) is 0.846. The fraction of sp³-hybridized carbons (Fsp3) is 0.533. The number of nitrogens with one attached hydrogen (secondary N) is 1. The maximum absolute atomic E-state index is 12.4. The molecule has 7 nitrogen and oxygen atoms in total. The first-order valence-electron chi connectivity index (χ1n) is 7.51. The van der Waals surface area contributed by atoms with Crippen LogP contribution < -0.4 is 4.72 Å². The number of hydrogen-bond donors (Lipinski definition) is 1. The number of carbonyl (C=O) groups is 1. The molecule has 1 aromatic carbocycles. The minimum absolute atomic E-state index is 0.228. The fourth-order valence-corrected chi connectivity index (χ4v) is 4.08. The molecule has 0 aliphatic carbocycles. The number of benzene rings is 1. The van der Waals surface area contributed by atoms with Crippen molar-refractivity contribution in [1.29, 1.82) is 0 Å². The molecule has 2 heterocycles. The van der Waals surface area contributed by atoms with Gasteiger partial charge in [0.1, 0.15) is 5.60 Å². The summed E-state index contributed by atoms with van der Waals surface area (Å²) in [6.45, 7) is 6.42. The van der Waals surface area contributed by atoms with Crippen LogP contribution in [0.5, 0.6) is 0 Å². The third-order valence-corrected chi connectivity index (χ3v) is 5.34. The zero-order chi connectivity index (χ0) is 16.8. The Morgan fingerprint density at radius 3 is 2.57 bits per heavy atom. The van der Waals surface area contributed by atoms with Crippen LogP contribution in [0.15, 0.2) is 24.3 Å². The van der Waals surface area contributed by atoms with E-state index in [1.165, 1.54) is 9.21 Å². The van der Waals surface area contributed by atoms with E-state index >= 15 is 0 Å². The topological polar surface area (TPSA) is 79.0 Å². The van der Waals surface area contributed by atoms with E-state index < -0.39 is 21.9 Å². The second-order valence-electron chi connectivity index (χ2n) is 6.85. The summed E-state index contributed by atoms with van der Waals surface area (Å²) in [5.74, 6) is 0. The molecule has 0 radical (unpaired) electrons. The number of likely N-dealkylation sites (tertiary alicyclic amines) is 1. The Labute approximate surface area is 136 Å². The Kier molecular flexibility index (Phi) is 3.76. The number of anilines is 1. The monoisotopic (exact) mass is 339 g/mol. The van der Waals surface area contributed by atoms with Gasteiger partial charge in [0.15, 0.2) is 0 Å². The van der Waals surface area contributed by atoms with Crippen molar-refractivity contribution in [3.63, 3.8) is 0 Å². The Balaban J connectivity index is 1.67. The first kappa shape index (κ1) is 16.1. The van der Waals surface area contributed by atoms with Crippen molar-refractivity contribution in [2.24, 2.45) is 0 Å². The Morgan fingerprint density at radius 2 is 1.91 bits per heavy atom. The predicted octanol–water partition coefficient (Wildman–Crippen LogP) is 1.78. The number of rotatable bonds is 1. The van der Waals surface area contributed by atoms with Gasteiger partial charge in [-0.3, -0.25) is 4.72 Å². The summed E-state index contributed by atoms with van der Waals surface area (Å²) >= 11 is 0. The maximum atomic E-state index is 12.4. The highest BCUT2D eigenvalue weighted by molar-refractivity contribution is 7.90. The van der Waals surface area contributed by atoms with E-state index in [9.17, 15) is 13.2 Å². The minimum atomic E-state index is -3.58. The molecule has 3 rings (SSSR count). The van der Waals surface area contributed by atoms with E-state index in [2.05, 4.69) is 4.72 Å². The molecule has 0 saturated carbocycles. The number of ether oxygens (including phenoxy) is 1. The lowest BCUT2D eigenvalue weighted by Gasteiger charge is -2.45. The summed E-state index contributed by atoms with van der Waals surface area (Å²) in [5, 5.41) is 0. The van der Waals surface area contributed by atoms with Gasteiger partial charge in [0, 0.05) is 19.6 Å². The van der Waals surface area contributed by atoms with E-state index in [1.54, 1.807) is 32.9 Å². The van der Waals surface area contributed by atoms with E-state index in [-0.39, 0.29) is 6.04 Å². The summed E-state index contributed by atoms with van der Waals surface area (Å²) in [6.07, 6.45) is -0.406. The van der Waals surface area contributed by atoms with Crippen LogP contribution >= 0.6 is 0 Å². The van der Waals surface area contributed by atoms with Crippen molar-refractivity contribution in [3.05, 3.63) is 29.8 Å². The zero-order valence-corrected chi connectivity index (χ0v) is 14.3. The molecule has 23 heavy (non-hydrogen) atoms. The molecular weight excluding hydrogens is 318 g/mol. The summed E-state index contributed by atoms with van der Waals surface area (Å²) in [7, 11) is -3.58. The molecule has 8 heteroatoms. The summed E-state index contributed by atoms with van der Waals surface area (Å²) in [4.78, 5) is 13.5. The highest BCUT2D eigenvalue weighted by Crippen LogP contribution is 2.30. The van der Waals surface area contributed by atoms with Crippen molar-refractivity contribution in [3.8, 4) is 0 Å². The molecule has 0 aromatic heterocycles. The van der Waals surface area contributed by atoms with Gasteiger partial charge in [-0.1, -0.05) is 18.2 Å². The average molecular weight is 339 g/mol. The highest BCUT2D eigenvalue weighted by Gasteiger charge is 2.43. The standard InChI is InChI=1S/C15H21N3O4S/c1-15(2,3)22-14(19)17-9-12(10-17)18-8-11-6-4-5-7-13(11)16-23(18,20)21/h4-7,12,16H,8-10H2,1-3H3. The van der Waals surface area contributed by atoms with Crippen molar-refractivity contribution in [2.45, 2.75) is 39.0 Å². The molecular formula is C15H21N3O4S. The molecule has 2 aliphatic rings. The second-order valence-corrected chi connectivity index (χ2v) is 8.47. The second kappa shape index (κ2) is 5.38. The van der Waals surface area contributed by atoms with Crippen molar-refractivity contribution in [1.82, 2.24) is 9.21 Å². The lowest BCUT2D eigenvalue weighted by molar-refractivity contribution is -0.00413. The van der Waals surface area contributed by atoms with Gasteiger partial charge in [-0.2, -0.15) is 12.7 Å². The number of carbonyl (C=O) groups excluding carboxylic acids is 1. The van der Waals surface area contributed by atoms with Crippen molar-refractivity contribution in [2.75, 3.05) is 17.8 Å². The zero-order valence-electron chi connectivity index (χ0n) is 13.4. The molecule has 1 saturated heterocycles. The van der Waals surface area contributed by atoms with Gasteiger partial charge >= 0.3 is 16.3 Å². The number of para-hydroxylation sites is 1. The van der Waals surface area contributed by atoms with Gasteiger partial charge < -0.3 is 9.64 Å². The molecule has 2 aliphatic heterocycles. The number of nitrogens with zero attached hydrogens (tertiary/aromatic N) is 2. The third-order valence-electron chi connectivity index (χ3n) is 3.81. The summed E-state index contributed by atoms with van der Waals surface area (Å²) < 4.78 is 34.0. The fourth-order valence-electron chi connectivity index (χ4n) is 2.65. The van der Waals surface area contributed by atoms with Gasteiger partial charge in [0.2, 0.25) is 0 Å². The highest BCUT2D eigenvalue weighted by atomic mass is 32.2. The predicted molar refractivity (Wildman–Crippen MR) is 86.1 cm³/mol.